The lowest BCUT2D eigenvalue weighted by Crippen LogP contribution is -2.41. The Hall–Kier alpha value is -4.31. The van der Waals surface area contributed by atoms with Gasteiger partial charge in [0.2, 0.25) is 5.91 Å². The average molecular weight is 514 g/mol. The molecule has 0 saturated heterocycles. The molecule has 0 radical (unpaired) electrons. The van der Waals surface area contributed by atoms with Crippen LogP contribution < -0.4 is 5.32 Å². The number of rotatable bonds is 8. The van der Waals surface area contributed by atoms with Crippen molar-refractivity contribution < 1.29 is 14.5 Å². The van der Waals surface area contributed by atoms with Crippen LogP contribution in [0.15, 0.2) is 88.8 Å². The maximum atomic E-state index is 13.4. The van der Waals surface area contributed by atoms with E-state index in [0.717, 1.165) is 22.4 Å². The van der Waals surface area contributed by atoms with E-state index in [1.54, 1.807) is 12.1 Å². The maximum absolute atomic E-state index is 13.4. The summed E-state index contributed by atoms with van der Waals surface area (Å²) in [5.74, 6) is 0.665. The van der Waals surface area contributed by atoms with Gasteiger partial charge >= 0.3 is 0 Å². The normalized spacial score (nSPS) is 15.9. The summed E-state index contributed by atoms with van der Waals surface area (Å²) in [6, 6.07) is 22.8. The number of carbonyl (C=O) groups is 2. The number of aliphatic imine (C=N–C) groups is 2. The lowest BCUT2D eigenvalue weighted by atomic mass is 10.1. The topological polar surface area (TPSA) is 117 Å². The number of hydrogen-bond acceptors (Lipinski definition) is 7. The summed E-state index contributed by atoms with van der Waals surface area (Å²) in [5, 5.41) is 14.3. The molecule has 9 nitrogen and oxygen atoms in total. The molecule has 0 fully saturated rings. The van der Waals surface area contributed by atoms with Gasteiger partial charge < -0.3 is 5.32 Å². The number of nitro groups is 1. The van der Waals surface area contributed by atoms with Crippen LogP contribution in [-0.2, 0) is 21.9 Å². The standard InChI is InChI=1S/C27H23N5O4S/c33-24(28-16-18-6-2-1-3-7-18)15-14-23-26(34)31-25(29-23)21-8-4-5-9-22(21)30-27(31)37-17-19-10-12-20(13-11-19)32(35)36/h1-13,23H,14-17H2,(H,28,33). The fraction of sp³-hybridized carbons (Fsp3) is 0.185. The molecule has 1 N–H and O–H groups in total. The van der Waals surface area contributed by atoms with Crippen LogP contribution in [0.1, 0.15) is 29.5 Å². The van der Waals surface area contributed by atoms with E-state index >= 15 is 0 Å². The second-order valence-corrected chi connectivity index (χ2v) is 9.51. The SMILES string of the molecule is O=C(CCC1N=C2c3ccccc3N=C(SCc3ccc([N+](=O)[O-])cc3)N2C1=O)NCc1ccccc1. The Bertz CT molecular complexity index is 1410. The van der Waals surface area contributed by atoms with Gasteiger partial charge in [0.25, 0.3) is 11.6 Å². The van der Waals surface area contributed by atoms with Crippen LogP contribution in [0.3, 0.4) is 0 Å². The smallest absolute Gasteiger partial charge is 0.269 e. The van der Waals surface area contributed by atoms with Crippen molar-refractivity contribution in [2.75, 3.05) is 0 Å². The molecule has 10 heteroatoms. The largest absolute Gasteiger partial charge is 0.352 e. The van der Waals surface area contributed by atoms with E-state index < -0.39 is 11.0 Å². The number of amidine groups is 2. The van der Waals surface area contributed by atoms with Gasteiger partial charge in [0.05, 0.1) is 10.6 Å². The molecule has 1 atom stereocenters. The molecule has 3 aromatic rings. The Labute approximate surface area is 217 Å². The van der Waals surface area contributed by atoms with Crippen LogP contribution >= 0.6 is 11.8 Å². The molecule has 0 bridgehead atoms. The molecule has 2 aliphatic rings. The molecule has 1 unspecified atom stereocenters. The first kappa shape index (κ1) is 24.4. The Morgan fingerprint density at radius 1 is 1.00 bits per heavy atom. The summed E-state index contributed by atoms with van der Waals surface area (Å²) in [7, 11) is 0. The molecule has 0 spiro atoms. The zero-order chi connectivity index (χ0) is 25.8. The van der Waals surface area contributed by atoms with Gasteiger partial charge in [-0.05, 0) is 29.7 Å². The van der Waals surface area contributed by atoms with E-state index in [9.17, 15) is 19.7 Å². The number of carbonyl (C=O) groups excluding carboxylic acids is 2. The highest BCUT2D eigenvalue weighted by molar-refractivity contribution is 8.13. The van der Waals surface area contributed by atoms with Crippen LogP contribution in [0.25, 0.3) is 0 Å². The summed E-state index contributed by atoms with van der Waals surface area (Å²) >= 11 is 1.37. The minimum absolute atomic E-state index is 0.0254. The number of amides is 2. The predicted octanol–water partition coefficient (Wildman–Crippen LogP) is 4.58. The van der Waals surface area contributed by atoms with Crippen LogP contribution in [0.4, 0.5) is 11.4 Å². The van der Waals surface area contributed by atoms with Gasteiger partial charge in [-0.3, -0.25) is 24.7 Å². The van der Waals surface area contributed by atoms with Gasteiger partial charge in [0.1, 0.15) is 11.9 Å². The van der Waals surface area contributed by atoms with Crippen molar-refractivity contribution in [3.05, 3.63) is 106 Å². The first-order valence-electron chi connectivity index (χ1n) is 11.8. The second-order valence-electron chi connectivity index (χ2n) is 8.57. The first-order valence-corrected chi connectivity index (χ1v) is 12.7. The van der Waals surface area contributed by atoms with Gasteiger partial charge in [-0.2, -0.15) is 0 Å². The van der Waals surface area contributed by atoms with E-state index in [-0.39, 0.29) is 23.9 Å². The van der Waals surface area contributed by atoms with Crippen molar-refractivity contribution in [3.63, 3.8) is 0 Å². The van der Waals surface area contributed by atoms with E-state index in [1.165, 1.54) is 28.8 Å². The summed E-state index contributed by atoms with van der Waals surface area (Å²) in [5.41, 5.74) is 3.39. The minimum atomic E-state index is -0.672. The number of nitro benzene ring substituents is 1. The molecule has 0 aromatic heterocycles. The highest BCUT2D eigenvalue weighted by Crippen LogP contribution is 2.35. The van der Waals surface area contributed by atoms with Gasteiger partial charge in [-0.1, -0.05) is 66.4 Å². The number of benzene rings is 3. The van der Waals surface area contributed by atoms with E-state index in [0.29, 0.717) is 29.7 Å². The quantitative estimate of drug-likeness (QED) is 0.349. The lowest BCUT2D eigenvalue weighted by Gasteiger charge is -2.25. The maximum Gasteiger partial charge on any atom is 0.269 e. The van der Waals surface area contributed by atoms with E-state index in [1.807, 2.05) is 54.6 Å². The fourth-order valence-electron chi connectivity index (χ4n) is 4.10. The molecular formula is C27H23N5O4S. The molecule has 37 heavy (non-hydrogen) atoms. The average Bonchev–Trinajstić information content (AvgIpc) is 3.26. The van der Waals surface area contributed by atoms with Gasteiger partial charge in [0, 0.05) is 36.4 Å². The highest BCUT2D eigenvalue weighted by Gasteiger charge is 2.41. The molecule has 2 heterocycles. The number of non-ortho nitro benzene ring substituents is 1. The summed E-state index contributed by atoms with van der Waals surface area (Å²) in [4.78, 5) is 47.2. The van der Waals surface area contributed by atoms with Gasteiger partial charge in [-0.15, -0.1) is 0 Å². The molecule has 2 amide bonds. The van der Waals surface area contributed by atoms with Crippen molar-refractivity contribution in [1.29, 1.82) is 0 Å². The predicted molar refractivity (Wildman–Crippen MR) is 143 cm³/mol. The highest BCUT2D eigenvalue weighted by atomic mass is 32.2. The molecule has 2 aliphatic heterocycles. The minimum Gasteiger partial charge on any atom is -0.352 e. The van der Waals surface area contributed by atoms with Crippen molar-refractivity contribution in [2.24, 2.45) is 9.98 Å². The molecular weight excluding hydrogens is 490 g/mol. The van der Waals surface area contributed by atoms with Gasteiger partial charge in [-0.25, -0.2) is 9.89 Å². The molecule has 3 aromatic carbocycles. The molecule has 0 aliphatic carbocycles. The Morgan fingerprint density at radius 2 is 1.73 bits per heavy atom. The number of nitrogens with one attached hydrogen (secondary N) is 1. The zero-order valence-electron chi connectivity index (χ0n) is 19.7. The summed E-state index contributed by atoms with van der Waals surface area (Å²) in [6.07, 6.45) is 0.472. The van der Waals surface area contributed by atoms with Crippen LogP contribution in [-0.4, -0.2) is 38.7 Å². The Balaban J connectivity index is 1.27. The Morgan fingerprint density at radius 3 is 2.49 bits per heavy atom. The third kappa shape index (κ3) is 5.44. The van der Waals surface area contributed by atoms with Crippen molar-refractivity contribution in [1.82, 2.24) is 10.2 Å². The van der Waals surface area contributed by atoms with Crippen LogP contribution in [0.5, 0.6) is 0 Å². The fourth-order valence-corrected chi connectivity index (χ4v) is 5.06. The van der Waals surface area contributed by atoms with Crippen LogP contribution in [0, 0.1) is 10.1 Å². The molecule has 186 valence electrons. The summed E-state index contributed by atoms with van der Waals surface area (Å²) < 4.78 is 0. The summed E-state index contributed by atoms with van der Waals surface area (Å²) in [6.45, 7) is 0.433. The Kier molecular flexibility index (Phi) is 7.09. The third-order valence-electron chi connectivity index (χ3n) is 6.04. The van der Waals surface area contributed by atoms with Crippen molar-refractivity contribution >= 4 is 46.0 Å². The van der Waals surface area contributed by atoms with Gasteiger partial charge in [0.15, 0.2) is 5.17 Å². The van der Waals surface area contributed by atoms with Crippen molar-refractivity contribution in [2.45, 2.75) is 31.2 Å². The zero-order valence-corrected chi connectivity index (χ0v) is 20.6. The third-order valence-corrected chi connectivity index (χ3v) is 7.05. The number of fused-ring (bicyclic) bond motifs is 3. The number of nitrogens with zero attached hydrogens (tertiary/aromatic N) is 4. The molecule has 5 rings (SSSR count). The second kappa shape index (κ2) is 10.8. The number of hydrogen-bond donors (Lipinski definition) is 1. The van der Waals surface area contributed by atoms with Crippen molar-refractivity contribution in [3.8, 4) is 0 Å². The lowest BCUT2D eigenvalue weighted by molar-refractivity contribution is -0.384. The van der Waals surface area contributed by atoms with E-state index in [2.05, 4.69) is 5.32 Å². The van der Waals surface area contributed by atoms with Crippen LogP contribution in [0.2, 0.25) is 0 Å². The van der Waals surface area contributed by atoms with E-state index in [4.69, 9.17) is 9.98 Å². The molecule has 0 saturated carbocycles. The number of para-hydroxylation sites is 1. The number of thioether (sulfide) groups is 1. The first-order chi connectivity index (χ1) is 18.0. The monoisotopic (exact) mass is 513 g/mol.